The highest BCUT2D eigenvalue weighted by atomic mass is 32.2. The molecule has 1 aromatic heterocycles. The number of rotatable bonds is 11. The van der Waals surface area contributed by atoms with E-state index in [1.807, 2.05) is 12.1 Å². The molecule has 344 valence electrons. The Kier molecular flexibility index (Phi) is 11.9. The highest BCUT2D eigenvalue weighted by Gasteiger charge is 2.47. The van der Waals surface area contributed by atoms with E-state index in [9.17, 15) is 33.2 Å². The van der Waals surface area contributed by atoms with E-state index >= 15 is 8.78 Å². The van der Waals surface area contributed by atoms with Crippen molar-refractivity contribution in [1.29, 1.82) is 5.26 Å². The van der Waals surface area contributed by atoms with E-state index in [1.54, 1.807) is 22.7 Å². The number of carbonyl (C=O) groups excluding carboxylic acids is 3. The average Bonchev–Trinajstić information content (AvgIpc) is 3.84. The van der Waals surface area contributed by atoms with Crippen molar-refractivity contribution in [3.63, 3.8) is 0 Å². The predicted octanol–water partition coefficient (Wildman–Crippen LogP) is 4.72. The van der Waals surface area contributed by atoms with Crippen LogP contribution < -0.4 is 25.0 Å². The number of benzene rings is 3. The fraction of sp³-hybridized carbons (Fsp3) is 0.477. The molecule has 4 aromatic rings. The molecule has 3 aromatic carbocycles. The number of likely N-dealkylation sites (N-methyl/N-ethyl adjacent to an activating group) is 1. The largest absolute Gasteiger partial charge is 0.453 e. The molecule has 65 heavy (non-hydrogen) atoms. The zero-order valence-corrected chi connectivity index (χ0v) is 36.8. The Labute approximate surface area is 374 Å². The van der Waals surface area contributed by atoms with Crippen molar-refractivity contribution < 1.29 is 46.2 Å². The van der Waals surface area contributed by atoms with Crippen molar-refractivity contribution in [3.05, 3.63) is 70.8 Å². The third-order valence-corrected chi connectivity index (χ3v) is 15.2. The van der Waals surface area contributed by atoms with Gasteiger partial charge in [-0.25, -0.2) is 13.6 Å². The Morgan fingerprint density at radius 3 is 2.54 bits per heavy atom. The third kappa shape index (κ3) is 8.44. The smallest absolute Gasteiger partial charge is 0.329 e. The molecule has 9 rings (SSSR count). The maximum Gasteiger partial charge on any atom is 0.329 e. The summed E-state index contributed by atoms with van der Waals surface area (Å²) in [7, 11) is -1.18. The summed E-state index contributed by atoms with van der Waals surface area (Å²) in [5, 5.41) is 29.8. The highest BCUT2D eigenvalue weighted by molar-refractivity contribution is 7.90. The summed E-state index contributed by atoms with van der Waals surface area (Å²) in [6, 6.07) is 11.4. The fourth-order valence-corrected chi connectivity index (χ4v) is 11.0. The second kappa shape index (κ2) is 17.5. The summed E-state index contributed by atoms with van der Waals surface area (Å²) < 4.78 is 73.6. The number of carbonyl (C=O) groups is 3. The van der Waals surface area contributed by atoms with Gasteiger partial charge in [0.1, 0.15) is 23.2 Å². The topological polar surface area (TPSA) is 215 Å². The first-order chi connectivity index (χ1) is 31.2. The SMILES string of the molecule is CN(CCO)S(=O)(=O)Nc1ccc(F)c(Oc2ccc3c(c2)C(=O)N([C@H]2COC4(CCN(C5CCC(c6cc7c(cc6F)c(N6CCC(=O)NC6=O)nn7C)CC5)CC4)C2)CN3)c1C#N. The Morgan fingerprint density at radius 2 is 1.82 bits per heavy atom. The molecule has 4 N–H and O–H groups in total. The second-order valence-electron chi connectivity index (χ2n) is 17.5. The lowest BCUT2D eigenvalue weighted by atomic mass is 9.79. The number of urea groups is 1. The number of aromatic nitrogens is 2. The Hall–Kier alpha value is -5.92. The number of fused-ring (bicyclic) bond motifs is 2. The van der Waals surface area contributed by atoms with Crippen LogP contribution in [0.5, 0.6) is 11.5 Å². The van der Waals surface area contributed by atoms with E-state index in [1.165, 1.54) is 30.1 Å². The van der Waals surface area contributed by atoms with Gasteiger partial charge >= 0.3 is 16.2 Å². The maximum absolute atomic E-state index is 15.8. The van der Waals surface area contributed by atoms with E-state index in [2.05, 4.69) is 25.4 Å². The van der Waals surface area contributed by atoms with Crippen molar-refractivity contribution in [2.75, 3.05) is 68.0 Å². The number of nitrogens with one attached hydrogen (secondary N) is 3. The van der Waals surface area contributed by atoms with E-state index in [-0.39, 0.29) is 78.4 Å². The van der Waals surface area contributed by atoms with E-state index in [0.717, 1.165) is 73.6 Å². The quantitative estimate of drug-likeness (QED) is 0.161. The molecule has 4 fully saturated rings. The van der Waals surface area contributed by atoms with E-state index < -0.39 is 40.0 Å². The standard InChI is InChI=1S/C44H50F2N10O8S/c1-52(17-18-57)65(61,62)51-37-10-8-34(45)40(33(37)23-47)64-29-7-9-36-31(19-29)42(59)56(25-48-36)28-22-44(63-24-28)12-15-54(16-13-44)27-5-3-26(4-6-27)30-21-38-32(20-35(30)46)41(50-53(38)2)55-14-11-39(58)49-43(55)60/h7-10,19-21,26-28,48,51,57H,3-6,11-18,22,24-25H2,1-2H3,(H,49,58,60)/t26?,27?,28-/m1/s1. The van der Waals surface area contributed by atoms with Gasteiger partial charge in [-0.2, -0.15) is 23.1 Å². The number of nitrogens with zero attached hydrogens (tertiary/aromatic N) is 7. The number of aryl methyl sites for hydroxylation is 1. The molecule has 18 nitrogen and oxygen atoms in total. The van der Waals surface area contributed by atoms with Gasteiger partial charge in [-0.3, -0.25) is 29.2 Å². The molecule has 21 heteroatoms. The molecule has 5 aliphatic rings. The van der Waals surface area contributed by atoms with Crippen molar-refractivity contribution in [2.24, 2.45) is 7.05 Å². The summed E-state index contributed by atoms with van der Waals surface area (Å²) in [6.07, 6.45) is 5.95. The van der Waals surface area contributed by atoms with E-state index in [4.69, 9.17) is 9.47 Å². The molecule has 4 amide bonds. The number of likely N-dealkylation sites (tertiary alicyclic amines) is 1. The molecule has 0 bridgehead atoms. The minimum Gasteiger partial charge on any atom is -0.453 e. The van der Waals surface area contributed by atoms with Crippen molar-refractivity contribution >= 4 is 56.2 Å². The molecule has 1 spiro atoms. The molecule has 0 unspecified atom stereocenters. The summed E-state index contributed by atoms with van der Waals surface area (Å²) in [6.45, 7) is 1.86. The number of amides is 4. The first-order valence-electron chi connectivity index (χ1n) is 21.8. The maximum atomic E-state index is 15.8. The van der Waals surface area contributed by atoms with Crippen LogP contribution in [0, 0.1) is 23.0 Å². The van der Waals surface area contributed by atoms with Crippen LogP contribution in [-0.4, -0.2) is 126 Å². The van der Waals surface area contributed by atoms with Crippen LogP contribution >= 0.6 is 0 Å². The number of ether oxygens (including phenoxy) is 2. The number of aliphatic hydroxyl groups is 1. The number of halogens is 2. The normalized spacial score (nSPS) is 22.5. The van der Waals surface area contributed by atoms with Gasteiger partial charge in [-0.1, -0.05) is 0 Å². The Balaban J connectivity index is 0.804. The first kappa shape index (κ1) is 44.3. The van der Waals surface area contributed by atoms with Gasteiger partial charge in [0.2, 0.25) is 5.91 Å². The molecule has 5 heterocycles. The van der Waals surface area contributed by atoms with Crippen LogP contribution in [0.3, 0.4) is 0 Å². The molecular weight excluding hydrogens is 867 g/mol. The van der Waals surface area contributed by atoms with Gasteiger partial charge in [0.25, 0.3) is 5.91 Å². The fourth-order valence-electron chi connectivity index (χ4n) is 10.0. The van der Waals surface area contributed by atoms with Crippen LogP contribution in [-0.2, 0) is 26.8 Å². The summed E-state index contributed by atoms with van der Waals surface area (Å²) in [4.78, 5) is 43.9. The van der Waals surface area contributed by atoms with Gasteiger partial charge in [0.05, 0.1) is 48.3 Å². The van der Waals surface area contributed by atoms with Gasteiger partial charge < -0.3 is 29.7 Å². The van der Waals surface area contributed by atoms with Gasteiger partial charge in [-0.05, 0) is 98.9 Å². The molecule has 4 aliphatic heterocycles. The van der Waals surface area contributed by atoms with Crippen LogP contribution in [0.15, 0.2) is 42.5 Å². The number of imide groups is 1. The summed E-state index contributed by atoms with van der Waals surface area (Å²) in [5.74, 6) is -1.92. The number of anilines is 3. The lowest BCUT2D eigenvalue weighted by Crippen LogP contribution is -2.50. The minimum atomic E-state index is -4.19. The Morgan fingerprint density at radius 1 is 1.05 bits per heavy atom. The number of aliphatic hydroxyl groups excluding tert-OH is 1. The van der Waals surface area contributed by atoms with Gasteiger partial charge in [0, 0.05) is 63.8 Å². The van der Waals surface area contributed by atoms with Crippen molar-refractivity contribution in [1.82, 2.24) is 29.2 Å². The number of hydrogen-bond acceptors (Lipinski definition) is 12. The number of piperidine rings is 1. The molecule has 3 saturated heterocycles. The number of hydrogen-bond donors (Lipinski definition) is 4. The molecular formula is C44H50F2N10O8S. The first-order valence-corrected chi connectivity index (χ1v) is 23.2. The minimum absolute atomic E-state index is 0.0463. The zero-order chi connectivity index (χ0) is 45.8. The lowest BCUT2D eigenvalue weighted by Gasteiger charge is -2.44. The summed E-state index contributed by atoms with van der Waals surface area (Å²) in [5.41, 5.74) is 1.22. The third-order valence-electron chi connectivity index (χ3n) is 13.7. The molecule has 1 aliphatic carbocycles. The predicted molar refractivity (Wildman–Crippen MR) is 234 cm³/mol. The van der Waals surface area contributed by atoms with Crippen molar-refractivity contribution in [3.8, 4) is 17.6 Å². The Bertz CT molecular complexity index is 2710. The monoisotopic (exact) mass is 916 g/mol. The second-order valence-corrected chi connectivity index (χ2v) is 19.2. The summed E-state index contributed by atoms with van der Waals surface area (Å²) >= 11 is 0. The van der Waals surface area contributed by atoms with E-state index in [0.29, 0.717) is 41.5 Å². The van der Waals surface area contributed by atoms with Crippen LogP contribution in [0.25, 0.3) is 10.9 Å². The van der Waals surface area contributed by atoms with Crippen LogP contribution in [0.4, 0.5) is 30.8 Å². The van der Waals surface area contributed by atoms with Crippen LogP contribution in [0.1, 0.15) is 78.8 Å². The van der Waals surface area contributed by atoms with Gasteiger partial charge in [-0.15, -0.1) is 0 Å². The van der Waals surface area contributed by atoms with Gasteiger partial charge in [0.15, 0.2) is 17.4 Å². The number of nitriles is 1. The average molecular weight is 917 g/mol. The molecule has 1 atom stereocenters. The zero-order valence-electron chi connectivity index (χ0n) is 36.0. The lowest BCUT2D eigenvalue weighted by molar-refractivity contribution is -0.120. The highest BCUT2D eigenvalue weighted by Crippen LogP contribution is 2.44. The van der Waals surface area contributed by atoms with Crippen molar-refractivity contribution in [2.45, 2.75) is 75.0 Å². The molecule has 1 saturated carbocycles. The molecule has 0 radical (unpaired) electrons. The van der Waals surface area contributed by atoms with Crippen LogP contribution in [0.2, 0.25) is 0 Å².